The number of hydrogen-bond acceptors (Lipinski definition) is 7. The first kappa shape index (κ1) is 20.2. The summed E-state index contributed by atoms with van der Waals surface area (Å²) in [5, 5.41) is 4.75. The van der Waals surface area contributed by atoms with Gasteiger partial charge < -0.3 is 19.4 Å². The lowest BCUT2D eigenvalue weighted by molar-refractivity contribution is 0.122. The van der Waals surface area contributed by atoms with E-state index in [0.717, 1.165) is 35.9 Å². The number of H-pyrrole nitrogens is 1. The molecule has 0 radical (unpaired) electrons. The summed E-state index contributed by atoms with van der Waals surface area (Å²) < 4.78 is 13.2. The zero-order valence-electron chi connectivity index (χ0n) is 17.9. The molecular formula is C23H25N7O2. The molecule has 4 heterocycles. The lowest BCUT2D eigenvalue weighted by Gasteiger charge is -2.28. The molecule has 0 aliphatic carbocycles. The first-order valence-electron chi connectivity index (χ1n) is 10.7. The van der Waals surface area contributed by atoms with Crippen molar-refractivity contribution in [2.24, 2.45) is 0 Å². The highest BCUT2D eigenvalue weighted by atomic mass is 16.5. The maximum Gasteiger partial charge on any atom is 0.320 e. The topological polar surface area (TPSA) is 94.0 Å². The Morgan fingerprint density at radius 2 is 1.97 bits per heavy atom. The number of nitrogens with zero attached hydrogens (tertiary/aromatic N) is 6. The molecule has 3 aromatic heterocycles. The third-order valence-electron chi connectivity index (χ3n) is 5.31. The van der Waals surface area contributed by atoms with Gasteiger partial charge >= 0.3 is 6.01 Å². The number of nitrogens with one attached hydrogen (secondary N) is 1. The summed E-state index contributed by atoms with van der Waals surface area (Å²) in [5.74, 6) is 1.47. The van der Waals surface area contributed by atoms with Gasteiger partial charge in [0.2, 0.25) is 0 Å². The molecule has 4 aromatic rings. The average Bonchev–Trinajstić information content (AvgIpc) is 3.52. The fourth-order valence-corrected chi connectivity index (χ4v) is 3.62. The van der Waals surface area contributed by atoms with Crippen molar-refractivity contribution in [2.75, 3.05) is 37.8 Å². The summed E-state index contributed by atoms with van der Waals surface area (Å²) >= 11 is 0. The molecule has 0 unspecified atom stereocenters. The van der Waals surface area contributed by atoms with Crippen LogP contribution in [0, 0.1) is 6.92 Å². The zero-order valence-corrected chi connectivity index (χ0v) is 17.9. The van der Waals surface area contributed by atoms with E-state index in [9.17, 15) is 0 Å². The highest BCUT2D eigenvalue weighted by Gasteiger charge is 2.17. The van der Waals surface area contributed by atoms with E-state index in [4.69, 9.17) is 14.6 Å². The maximum absolute atomic E-state index is 5.91. The minimum atomic E-state index is 0.330. The van der Waals surface area contributed by atoms with Crippen molar-refractivity contribution in [3.63, 3.8) is 0 Å². The van der Waals surface area contributed by atoms with Crippen LogP contribution < -0.4 is 9.64 Å². The summed E-state index contributed by atoms with van der Waals surface area (Å²) in [6.07, 6.45) is 6.06. The van der Waals surface area contributed by atoms with Gasteiger partial charge in [0.25, 0.3) is 0 Å². The number of ether oxygens (including phenoxy) is 2. The molecule has 0 spiro atoms. The maximum atomic E-state index is 5.91. The van der Waals surface area contributed by atoms with E-state index in [1.807, 2.05) is 24.4 Å². The lowest BCUT2D eigenvalue weighted by Crippen LogP contribution is -2.37. The van der Waals surface area contributed by atoms with Crippen LogP contribution >= 0.6 is 0 Å². The molecule has 9 heteroatoms. The number of aromatic nitrogens is 6. The van der Waals surface area contributed by atoms with Crippen molar-refractivity contribution >= 4 is 5.82 Å². The van der Waals surface area contributed by atoms with Gasteiger partial charge in [-0.15, -0.1) is 0 Å². The molecule has 1 aliphatic rings. The van der Waals surface area contributed by atoms with Gasteiger partial charge in [-0.05, 0) is 19.1 Å². The number of aryl methyl sites for hydroxylation is 1. The Hall–Kier alpha value is -3.72. The van der Waals surface area contributed by atoms with Crippen LogP contribution in [0.15, 0.2) is 55.1 Å². The Kier molecular flexibility index (Phi) is 5.80. The minimum absolute atomic E-state index is 0.330. The van der Waals surface area contributed by atoms with Crippen LogP contribution in [0.5, 0.6) is 6.01 Å². The first-order valence-corrected chi connectivity index (χ1v) is 10.7. The van der Waals surface area contributed by atoms with E-state index >= 15 is 0 Å². The van der Waals surface area contributed by atoms with E-state index in [1.165, 1.54) is 5.56 Å². The van der Waals surface area contributed by atoms with Crippen molar-refractivity contribution in [3.05, 3.63) is 66.4 Å². The van der Waals surface area contributed by atoms with Crippen LogP contribution in [-0.4, -0.2) is 62.6 Å². The number of rotatable bonds is 7. The van der Waals surface area contributed by atoms with Crippen LogP contribution in [0.2, 0.25) is 0 Å². The summed E-state index contributed by atoms with van der Waals surface area (Å²) in [5.41, 5.74) is 4.16. The molecule has 164 valence electrons. The first-order chi connectivity index (χ1) is 15.7. The Balaban J connectivity index is 1.42. The number of benzene rings is 1. The third-order valence-corrected chi connectivity index (χ3v) is 5.31. The molecule has 0 atom stereocenters. The molecule has 5 rings (SSSR count). The van der Waals surface area contributed by atoms with Gasteiger partial charge in [-0.2, -0.15) is 15.1 Å². The van der Waals surface area contributed by atoms with Gasteiger partial charge in [0, 0.05) is 49.2 Å². The summed E-state index contributed by atoms with van der Waals surface area (Å²) in [4.78, 5) is 18.6. The highest BCUT2D eigenvalue weighted by Crippen LogP contribution is 2.23. The van der Waals surface area contributed by atoms with Crippen molar-refractivity contribution < 1.29 is 9.47 Å². The van der Waals surface area contributed by atoms with E-state index < -0.39 is 0 Å². The average molecular weight is 432 g/mol. The molecule has 1 N–H and O–H groups in total. The largest absolute Gasteiger partial charge is 0.463 e. The summed E-state index contributed by atoms with van der Waals surface area (Å²) in [6, 6.07) is 12.6. The number of aromatic amines is 1. The van der Waals surface area contributed by atoms with E-state index in [2.05, 4.69) is 50.0 Å². The van der Waals surface area contributed by atoms with Gasteiger partial charge in [0.1, 0.15) is 5.82 Å². The van der Waals surface area contributed by atoms with Gasteiger partial charge in [0.15, 0.2) is 5.82 Å². The molecule has 0 bridgehead atoms. The number of anilines is 1. The minimum Gasteiger partial charge on any atom is -0.463 e. The van der Waals surface area contributed by atoms with Crippen molar-refractivity contribution in [1.29, 1.82) is 0 Å². The predicted octanol–water partition coefficient (Wildman–Crippen LogP) is 2.82. The van der Waals surface area contributed by atoms with E-state index in [-0.39, 0.29) is 0 Å². The Bertz CT molecular complexity index is 1170. The summed E-state index contributed by atoms with van der Waals surface area (Å²) in [7, 11) is 0. The van der Waals surface area contributed by atoms with Crippen LogP contribution in [0.1, 0.15) is 11.3 Å². The number of morpholine rings is 1. The van der Waals surface area contributed by atoms with Crippen molar-refractivity contribution in [3.8, 4) is 23.1 Å². The monoisotopic (exact) mass is 431 g/mol. The second kappa shape index (κ2) is 9.19. The second-order valence-electron chi connectivity index (χ2n) is 7.66. The number of imidazole rings is 1. The molecule has 1 saturated heterocycles. The lowest BCUT2D eigenvalue weighted by atomic mass is 10.1. The van der Waals surface area contributed by atoms with Gasteiger partial charge in [0.05, 0.1) is 31.8 Å². The second-order valence-corrected chi connectivity index (χ2v) is 7.66. The Morgan fingerprint density at radius 1 is 1.09 bits per heavy atom. The normalized spacial score (nSPS) is 14.0. The van der Waals surface area contributed by atoms with Gasteiger partial charge in [-0.3, -0.25) is 0 Å². The molecular weight excluding hydrogens is 406 g/mol. The van der Waals surface area contributed by atoms with E-state index in [0.29, 0.717) is 38.1 Å². The summed E-state index contributed by atoms with van der Waals surface area (Å²) in [6.45, 7) is 5.42. The smallest absolute Gasteiger partial charge is 0.320 e. The van der Waals surface area contributed by atoms with Crippen molar-refractivity contribution in [1.82, 2.24) is 29.7 Å². The molecule has 32 heavy (non-hydrogen) atoms. The van der Waals surface area contributed by atoms with Crippen LogP contribution in [0.25, 0.3) is 17.1 Å². The van der Waals surface area contributed by atoms with Gasteiger partial charge in [-0.1, -0.05) is 23.8 Å². The molecule has 0 saturated carbocycles. The SMILES string of the molecule is Cc1cccc(-c2ccn(-c3cc(N4CCOCC4)nc(OCCc4cnc[nH]4)n3)n2)c1. The predicted molar refractivity (Wildman–Crippen MR) is 120 cm³/mol. The zero-order chi connectivity index (χ0) is 21.8. The van der Waals surface area contributed by atoms with Gasteiger partial charge in [-0.25, -0.2) is 9.67 Å². The van der Waals surface area contributed by atoms with Crippen LogP contribution in [0.3, 0.4) is 0 Å². The molecule has 0 amide bonds. The Labute approximate surface area is 186 Å². The molecule has 1 aliphatic heterocycles. The third kappa shape index (κ3) is 4.62. The highest BCUT2D eigenvalue weighted by molar-refractivity contribution is 5.60. The van der Waals surface area contributed by atoms with E-state index in [1.54, 1.807) is 17.2 Å². The van der Waals surface area contributed by atoms with Crippen LogP contribution in [0.4, 0.5) is 5.82 Å². The quantitative estimate of drug-likeness (QED) is 0.481. The fourth-order valence-electron chi connectivity index (χ4n) is 3.62. The number of hydrogen-bond donors (Lipinski definition) is 1. The Morgan fingerprint density at radius 3 is 2.78 bits per heavy atom. The van der Waals surface area contributed by atoms with Crippen molar-refractivity contribution in [2.45, 2.75) is 13.3 Å². The molecule has 1 aromatic carbocycles. The fraction of sp³-hybridized carbons (Fsp3) is 0.304. The molecule has 9 nitrogen and oxygen atoms in total. The van der Waals surface area contributed by atoms with Crippen LogP contribution in [-0.2, 0) is 11.2 Å². The molecule has 1 fully saturated rings. The standard InChI is InChI=1S/C23H25N7O2/c1-17-3-2-4-18(13-17)20-5-7-30(28-20)22-14-21(29-8-11-31-12-9-29)26-23(27-22)32-10-6-19-15-24-16-25-19/h2-5,7,13-16H,6,8-12H2,1H3,(H,24,25).